The molecular weight excluding hydrogens is 266 g/mol. The zero-order valence-corrected chi connectivity index (χ0v) is 12.3. The molecule has 2 heterocycles. The number of hydrogen-bond acceptors (Lipinski definition) is 4. The highest BCUT2D eigenvalue weighted by Gasteiger charge is 2.24. The van der Waals surface area contributed by atoms with Crippen LogP contribution in [0.4, 0.5) is 5.69 Å². The number of carbonyl (C=O) groups excluding carboxylic acids is 1. The highest BCUT2D eigenvalue weighted by Crippen LogP contribution is 2.16. The van der Waals surface area contributed by atoms with Crippen molar-refractivity contribution < 1.29 is 9.53 Å². The minimum atomic E-state index is 0.0402. The van der Waals surface area contributed by atoms with E-state index in [-0.39, 0.29) is 12.0 Å². The minimum Gasteiger partial charge on any atom is -0.375 e. The van der Waals surface area contributed by atoms with E-state index in [0.29, 0.717) is 13.0 Å². The quantitative estimate of drug-likeness (QED) is 0.890. The highest BCUT2D eigenvalue weighted by atomic mass is 16.5. The topological polar surface area (TPSA) is 44.8 Å². The van der Waals surface area contributed by atoms with Gasteiger partial charge in [0.1, 0.15) is 0 Å². The molecular formula is C16H23N3O2. The summed E-state index contributed by atoms with van der Waals surface area (Å²) in [7, 11) is 0. The number of benzene rings is 1. The lowest BCUT2D eigenvalue weighted by Crippen LogP contribution is -2.50. The third-order valence-corrected chi connectivity index (χ3v) is 4.16. The Bertz CT molecular complexity index is 452. The third kappa shape index (κ3) is 3.74. The van der Waals surface area contributed by atoms with Crippen LogP contribution in [-0.2, 0) is 9.53 Å². The van der Waals surface area contributed by atoms with E-state index in [9.17, 15) is 4.79 Å². The molecule has 1 aromatic carbocycles. The lowest BCUT2D eigenvalue weighted by molar-refractivity contribution is -0.135. The van der Waals surface area contributed by atoms with Crippen LogP contribution in [0.15, 0.2) is 30.3 Å². The predicted octanol–water partition coefficient (Wildman–Crippen LogP) is 0.714. The van der Waals surface area contributed by atoms with Crippen molar-refractivity contribution in [3.8, 4) is 0 Å². The maximum Gasteiger partial charge on any atom is 0.225 e. The van der Waals surface area contributed by atoms with Gasteiger partial charge in [-0.25, -0.2) is 0 Å². The first-order valence-corrected chi connectivity index (χ1v) is 7.73. The van der Waals surface area contributed by atoms with Gasteiger partial charge in [-0.1, -0.05) is 18.2 Å². The van der Waals surface area contributed by atoms with E-state index in [1.165, 1.54) is 5.69 Å². The second-order valence-corrected chi connectivity index (χ2v) is 5.60. The van der Waals surface area contributed by atoms with Crippen LogP contribution in [0.5, 0.6) is 0 Å². The molecule has 3 rings (SSSR count). The molecule has 5 nitrogen and oxygen atoms in total. The first-order valence-electron chi connectivity index (χ1n) is 7.73. The van der Waals surface area contributed by atoms with Crippen LogP contribution >= 0.6 is 0 Å². The van der Waals surface area contributed by atoms with E-state index in [2.05, 4.69) is 34.5 Å². The fraction of sp³-hybridized carbons (Fsp3) is 0.562. The van der Waals surface area contributed by atoms with Crippen LogP contribution in [0.25, 0.3) is 0 Å². The highest BCUT2D eigenvalue weighted by molar-refractivity contribution is 5.77. The summed E-state index contributed by atoms with van der Waals surface area (Å²) in [5, 5.41) is 3.27. The van der Waals surface area contributed by atoms with Gasteiger partial charge >= 0.3 is 0 Å². The van der Waals surface area contributed by atoms with Crippen molar-refractivity contribution in [1.82, 2.24) is 10.2 Å². The second kappa shape index (κ2) is 6.91. The maximum atomic E-state index is 12.3. The molecule has 1 amide bonds. The molecule has 2 aliphatic heterocycles. The molecule has 21 heavy (non-hydrogen) atoms. The molecule has 114 valence electrons. The Kier molecular flexibility index (Phi) is 4.72. The number of amides is 1. The fourth-order valence-corrected chi connectivity index (χ4v) is 2.93. The van der Waals surface area contributed by atoms with Crippen molar-refractivity contribution in [2.75, 3.05) is 50.8 Å². The van der Waals surface area contributed by atoms with Gasteiger partial charge in [0.25, 0.3) is 0 Å². The largest absolute Gasteiger partial charge is 0.375 e. The molecule has 0 radical (unpaired) electrons. The Labute approximate surface area is 125 Å². The number of nitrogens with one attached hydrogen (secondary N) is 1. The molecule has 2 aliphatic rings. The smallest absolute Gasteiger partial charge is 0.225 e. The van der Waals surface area contributed by atoms with E-state index in [1.54, 1.807) is 0 Å². The fourth-order valence-electron chi connectivity index (χ4n) is 2.93. The average Bonchev–Trinajstić information content (AvgIpc) is 2.57. The van der Waals surface area contributed by atoms with Crippen molar-refractivity contribution >= 4 is 11.6 Å². The Hall–Kier alpha value is -1.59. The monoisotopic (exact) mass is 289 g/mol. The lowest BCUT2D eigenvalue weighted by Gasteiger charge is -2.37. The second-order valence-electron chi connectivity index (χ2n) is 5.60. The maximum absolute atomic E-state index is 12.3. The van der Waals surface area contributed by atoms with Crippen LogP contribution in [0.2, 0.25) is 0 Å². The lowest BCUT2D eigenvalue weighted by atomic mass is 10.2. The Morgan fingerprint density at radius 1 is 1.19 bits per heavy atom. The van der Waals surface area contributed by atoms with Gasteiger partial charge in [-0.15, -0.1) is 0 Å². The molecule has 1 atom stereocenters. The van der Waals surface area contributed by atoms with E-state index >= 15 is 0 Å². The van der Waals surface area contributed by atoms with Gasteiger partial charge in [0.05, 0.1) is 19.1 Å². The molecule has 0 aromatic heterocycles. The van der Waals surface area contributed by atoms with Gasteiger partial charge in [0, 0.05) is 45.0 Å². The van der Waals surface area contributed by atoms with Gasteiger partial charge in [0.15, 0.2) is 0 Å². The normalized spacial score (nSPS) is 23.1. The number of rotatable bonds is 3. The van der Waals surface area contributed by atoms with Gasteiger partial charge in [0.2, 0.25) is 5.91 Å². The Balaban J connectivity index is 1.47. The van der Waals surface area contributed by atoms with Crippen LogP contribution in [0.1, 0.15) is 6.42 Å². The van der Waals surface area contributed by atoms with Crippen molar-refractivity contribution in [3.63, 3.8) is 0 Å². The van der Waals surface area contributed by atoms with E-state index < -0.39 is 0 Å². The van der Waals surface area contributed by atoms with Crippen LogP contribution in [-0.4, -0.2) is 62.8 Å². The van der Waals surface area contributed by atoms with Crippen molar-refractivity contribution in [3.05, 3.63) is 30.3 Å². The first-order chi connectivity index (χ1) is 10.3. The SMILES string of the molecule is O=C(CC1CNCCO1)N1CCN(c2ccccc2)CC1. The molecule has 1 N–H and O–H groups in total. The minimum absolute atomic E-state index is 0.0402. The van der Waals surface area contributed by atoms with Crippen molar-refractivity contribution in [2.45, 2.75) is 12.5 Å². The molecule has 0 bridgehead atoms. The van der Waals surface area contributed by atoms with E-state index in [4.69, 9.17) is 4.74 Å². The molecule has 1 unspecified atom stereocenters. The van der Waals surface area contributed by atoms with Crippen molar-refractivity contribution in [1.29, 1.82) is 0 Å². The van der Waals surface area contributed by atoms with Gasteiger partial charge < -0.3 is 19.9 Å². The molecule has 0 saturated carbocycles. The Morgan fingerprint density at radius 3 is 2.62 bits per heavy atom. The van der Waals surface area contributed by atoms with Crippen LogP contribution in [0.3, 0.4) is 0 Å². The molecule has 1 aromatic rings. The summed E-state index contributed by atoms with van der Waals surface area (Å²) in [5.74, 6) is 0.219. The first kappa shape index (κ1) is 14.4. The van der Waals surface area contributed by atoms with Gasteiger partial charge in [-0.2, -0.15) is 0 Å². The number of ether oxygens (including phenoxy) is 1. The third-order valence-electron chi connectivity index (χ3n) is 4.16. The predicted molar refractivity (Wildman–Crippen MR) is 82.5 cm³/mol. The summed E-state index contributed by atoms with van der Waals surface area (Å²) in [6.07, 6.45) is 0.539. The van der Waals surface area contributed by atoms with Gasteiger partial charge in [-0.3, -0.25) is 4.79 Å². The molecule has 5 heteroatoms. The summed E-state index contributed by atoms with van der Waals surface area (Å²) in [4.78, 5) is 16.6. The number of morpholine rings is 1. The standard InChI is InChI=1S/C16H23N3O2/c20-16(12-15-13-17-6-11-21-15)19-9-7-18(8-10-19)14-4-2-1-3-5-14/h1-5,15,17H,6-13H2. The summed E-state index contributed by atoms with van der Waals surface area (Å²) in [6, 6.07) is 10.4. The number of para-hydroxylation sites is 1. The number of piperazine rings is 1. The van der Waals surface area contributed by atoms with E-state index in [1.807, 2.05) is 11.0 Å². The summed E-state index contributed by atoms with van der Waals surface area (Å²) >= 11 is 0. The Morgan fingerprint density at radius 2 is 1.95 bits per heavy atom. The van der Waals surface area contributed by atoms with Gasteiger partial charge in [-0.05, 0) is 12.1 Å². The number of nitrogens with zero attached hydrogens (tertiary/aromatic N) is 2. The summed E-state index contributed by atoms with van der Waals surface area (Å²) < 4.78 is 5.61. The molecule has 0 aliphatic carbocycles. The van der Waals surface area contributed by atoms with Crippen LogP contribution in [0, 0.1) is 0 Å². The number of hydrogen-bond donors (Lipinski definition) is 1. The molecule has 0 spiro atoms. The molecule has 2 saturated heterocycles. The van der Waals surface area contributed by atoms with Crippen LogP contribution < -0.4 is 10.2 Å². The number of carbonyl (C=O) groups is 1. The average molecular weight is 289 g/mol. The zero-order chi connectivity index (χ0) is 14.5. The summed E-state index contributed by atoms with van der Waals surface area (Å²) in [6.45, 7) is 5.79. The summed E-state index contributed by atoms with van der Waals surface area (Å²) in [5.41, 5.74) is 1.24. The number of anilines is 1. The van der Waals surface area contributed by atoms with Crippen molar-refractivity contribution in [2.24, 2.45) is 0 Å². The van der Waals surface area contributed by atoms with E-state index in [0.717, 1.165) is 39.3 Å². The zero-order valence-electron chi connectivity index (χ0n) is 12.3. The molecule has 2 fully saturated rings.